The van der Waals surface area contributed by atoms with Crippen LogP contribution in [0.25, 0.3) is 0 Å². The van der Waals surface area contributed by atoms with Crippen LogP contribution in [0.15, 0.2) is 48.5 Å². The summed E-state index contributed by atoms with van der Waals surface area (Å²) in [6.45, 7) is 1.33. The molecule has 1 heterocycles. The molecule has 0 saturated carbocycles. The maximum absolute atomic E-state index is 13.1. The average Bonchev–Trinajstić information content (AvgIpc) is 3.00. The van der Waals surface area contributed by atoms with E-state index in [0.717, 1.165) is 24.0 Å². The Morgan fingerprint density at radius 1 is 1.07 bits per heavy atom. The summed E-state index contributed by atoms with van der Waals surface area (Å²) >= 11 is 0. The molecule has 0 bridgehead atoms. The molecule has 7 nitrogen and oxygen atoms in total. The summed E-state index contributed by atoms with van der Waals surface area (Å²) in [5, 5.41) is 5.88. The molecule has 1 aliphatic rings. The molecule has 0 aromatic heterocycles. The van der Waals surface area contributed by atoms with Gasteiger partial charge >= 0.3 is 6.03 Å². The molecule has 0 spiro atoms. The van der Waals surface area contributed by atoms with Crippen LogP contribution in [-0.4, -0.2) is 43.6 Å². The predicted molar refractivity (Wildman–Crippen MR) is 114 cm³/mol. The van der Waals surface area contributed by atoms with Gasteiger partial charge in [-0.2, -0.15) is 0 Å². The fourth-order valence-electron chi connectivity index (χ4n) is 3.59. The van der Waals surface area contributed by atoms with Crippen LogP contribution in [0.4, 0.5) is 4.79 Å². The number of carbonyl (C=O) groups excluding carboxylic acids is 2. The van der Waals surface area contributed by atoms with Crippen LogP contribution in [0.3, 0.4) is 0 Å². The highest BCUT2D eigenvalue weighted by molar-refractivity contribution is 5.87. The van der Waals surface area contributed by atoms with Crippen molar-refractivity contribution in [3.05, 3.63) is 59.7 Å². The van der Waals surface area contributed by atoms with Crippen molar-refractivity contribution in [2.75, 3.05) is 20.8 Å². The number of carbonyl (C=O) groups is 2. The van der Waals surface area contributed by atoms with Crippen molar-refractivity contribution < 1.29 is 19.1 Å². The van der Waals surface area contributed by atoms with E-state index >= 15 is 0 Å². The van der Waals surface area contributed by atoms with E-state index in [1.165, 1.54) is 0 Å². The fourth-order valence-corrected chi connectivity index (χ4v) is 3.59. The normalized spacial score (nSPS) is 16.2. The van der Waals surface area contributed by atoms with Gasteiger partial charge in [0.25, 0.3) is 0 Å². The lowest BCUT2D eigenvalue weighted by atomic mass is 10.1. The molecule has 1 unspecified atom stereocenters. The Labute approximate surface area is 177 Å². The zero-order chi connectivity index (χ0) is 21.3. The molecule has 160 valence electrons. The molecule has 1 fully saturated rings. The largest absolute Gasteiger partial charge is 0.493 e. The molecule has 3 rings (SSSR count). The zero-order valence-corrected chi connectivity index (χ0v) is 17.5. The first-order valence-electron chi connectivity index (χ1n) is 10.2. The Balaban J connectivity index is 1.81. The van der Waals surface area contributed by atoms with E-state index in [9.17, 15) is 9.59 Å². The topological polar surface area (TPSA) is 79.9 Å². The van der Waals surface area contributed by atoms with E-state index in [-0.39, 0.29) is 11.9 Å². The molecule has 1 saturated heterocycles. The van der Waals surface area contributed by atoms with Gasteiger partial charge in [-0.1, -0.05) is 36.4 Å². The highest BCUT2D eigenvalue weighted by Crippen LogP contribution is 2.28. The number of methoxy groups -OCH3 is 2. The molecule has 1 aliphatic heterocycles. The summed E-state index contributed by atoms with van der Waals surface area (Å²) in [7, 11) is 3.15. The van der Waals surface area contributed by atoms with E-state index in [1.807, 2.05) is 42.5 Å². The van der Waals surface area contributed by atoms with Gasteiger partial charge in [0.2, 0.25) is 5.91 Å². The maximum atomic E-state index is 13.1. The number of hydrogen-bond acceptors (Lipinski definition) is 4. The van der Waals surface area contributed by atoms with Gasteiger partial charge in [-0.25, -0.2) is 4.79 Å². The zero-order valence-electron chi connectivity index (χ0n) is 17.5. The third-order valence-electron chi connectivity index (χ3n) is 5.23. The minimum Gasteiger partial charge on any atom is -0.493 e. The monoisotopic (exact) mass is 411 g/mol. The van der Waals surface area contributed by atoms with Crippen LogP contribution in [-0.2, 0) is 17.9 Å². The smallest absolute Gasteiger partial charge is 0.318 e. The molecule has 2 aromatic carbocycles. The van der Waals surface area contributed by atoms with Crippen molar-refractivity contribution >= 4 is 11.9 Å². The van der Waals surface area contributed by atoms with E-state index in [1.54, 1.807) is 25.2 Å². The van der Waals surface area contributed by atoms with Gasteiger partial charge in [-0.15, -0.1) is 0 Å². The molecule has 2 N–H and O–H groups in total. The highest BCUT2D eigenvalue weighted by Gasteiger charge is 2.31. The highest BCUT2D eigenvalue weighted by atomic mass is 16.5. The summed E-state index contributed by atoms with van der Waals surface area (Å²) in [4.78, 5) is 27.4. The fraction of sp³-hybridized carbons (Fsp3) is 0.391. The number of amides is 3. The summed E-state index contributed by atoms with van der Waals surface area (Å²) in [6.07, 6.45) is 2.44. The number of hydrogen-bond donors (Lipinski definition) is 2. The van der Waals surface area contributed by atoms with Gasteiger partial charge in [0.15, 0.2) is 11.5 Å². The van der Waals surface area contributed by atoms with Crippen molar-refractivity contribution in [2.45, 2.75) is 38.4 Å². The molecular formula is C23H29N3O4. The van der Waals surface area contributed by atoms with Crippen molar-refractivity contribution in [2.24, 2.45) is 0 Å². The maximum Gasteiger partial charge on any atom is 0.318 e. The van der Waals surface area contributed by atoms with Crippen molar-refractivity contribution in [1.29, 1.82) is 0 Å². The summed E-state index contributed by atoms with van der Waals surface area (Å²) in [5.74, 6) is 1.10. The lowest BCUT2D eigenvalue weighted by molar-refractivity contribution is -0.125. The number of benzene rings is 2. The molecule has 3 amide bonds. The lowest BCUT2D eigenvalue weighted by Gasteiger charge is -2.30. The molecule has 0 aliphatic carbocycles. The summed E-state index contributed by atoms with van der Waals surface area (Å²) in [6, 6.07) is 14.5. The van der Waals surface area contributed by atoms with Gasteiger partial charge < -0.3 is 25.0 Å². The van der Waals surface area contributed by atoms with Crippen LogP contribution in [0.5, 0.6) is 11.5 Å². The number of nitrogens with zero attached hydrogens (tertiary/aromatic N) is 1. The SMILES string of the molecule is COc1ccc(CN(C(=O)NCc2ccccc2)C2CCCCNC2=O)cc1OC. The summed E-state index contributed by atoms with van der Waals surface area (Å²) in [5.41, 5.74) is 1.86. The van der Waals surface area contributed by atoms with E-state index in [0.29, 0.717) is 37.6 Å². The third-order valence-corrected chi connectivity index (χ3v) is 5.23. The van der Waals surface area contributed by atoms with Crippen molar-refractivity contribution in [3.8, 4) is 11.5 Å². The van der Waals surface area contributed by atoms with Gasteiger partial charge in [0, 0.05) is 19.6 Å². The van der Waals surface area contributed by atoms with Gasteiger partial charge in [-0.05, 0) is 42.5 Å². The summed E-state index contributed by atoms with van der Waals surface area (Å²) < 4.78 is 10.7. The Morgan fingerprint density at radius 2 is 1.83 bits per heavy atom. The quantitative estimate of drug-likeness (QED) is 0.734. The molecule has 7 heteroatoms. The molecular weight excluding hydrogens is 382 g/mol. The average molecular weight is 412 g/mol. The van der Waals surface area contributed by atoms with Gasteiger partial charge in [-0.3, -0.25) is 4.79 Å². The van der Waals surface area contributed by atoms with Gasteiger partial charge in [0.05, 0.1) is 14.2 Å². The second kappa shape index (κ2) is 10.5. The van der Waals surface area contributed by atoms with Crippen LogP contribution >= 0.6 is 0 Å². The van der Waals surface area contributed by atoms with Crippen LogP contribution in [0.2, 0.25) is 0 Å². The predicted octanol–water partition coefficient (Wildman–Crippen LogP) is 3.08. The molecule has 1 atom stereocenters. The Morgan fingerprint density at radius 3 is 2.57 bits per heavy atom. The minimum atomic E-state index is -0.517. The number of rotatable bonds is 7. The number of ether oxygens (including phenoxy) is 2. The third kappa shape index (κ3) is 5.43. The van der Waals surface area contributed by atoms with E-state index in [4.69, 9.17) is 9.47 Å². The second-order valence-corrected chi connectivity index (χ2v) is 7.26. The van der Waals surface area contributed by atoms with E-state index < -0.39 is 6.04 Å². The van der Waals surface area contributed by atoms with Crippen LogP contribution in [0, 0.1) is 0 Å². The van der Waals surface area contributed by atoms with Gasteiger partial charge in [0.1, 0.15) is 6.04 Å². The Bertz CT molecular complexity index is 857. The van der Waals surface area contributed by atoms with Crippen LogP contribution < -0.4 is 20.1 Å². The molecule has 2 aromatic rings. The van der Waals surface area contributed by atoms with Crippen LogP contribution in [0.1, 0.15) is 30.4 Å². The minimum absolute atomic E-state index is 0.108. The Hall–Kier alpha value is -3.22. The first kappa shape index (κ1) is 21.5. The standard InChI is InChI=1S/C23H29N3O4/c1-29-20-12-11-18(14-21(20)30-2)16-26(19-10-6-7-13-24-22(19)27)23(28)25-15-17-8-4-3-5-9-17/h3-5,8-9,11-12,14,19H,6-7,10,13,15-16H2,1-2H3,(H,24,27)(H,25,28). The molecule has 30 heavy (non-hydrogen) atoms. The van der Waals surface area contributed by atoms with Crippen molar-refractivity contribution in [3.63, 3.8) is 0 Å². The first-order chi connectivity index (χ1) is 14.6. The Kier molecular flexibility index (Phi) is 7.54. The first-order valence-corrected chi connectivity index (χ1v) is 10.2. The van der Waals surface area contributed by atoms with Crippen molar-refractivity contribution in [1.82, 2.24) is 15.5 Å². The lowest BCUT2D eigenvalue weighted by Crippen LogP contribution is -2.51. The number of urea groups is 1. The van der Waals surface area contributed by atoms with E-state index in [2.05, 4.69) is 10.6 Å². The number of nitrogens with one attached hydrogen (secondary N) is 2. The second-order valence-electron chi connectivity index (χ2n) is 7.26. The molecule has 0 radical (unpaired) electrons.